The minimum absolute atomic E-state index is 0. The number of nitrogens with zero attached hydrogens (tertiary/aromatic N) is 2. The number of rotatable bonds is 4. The summed E-state index contributed by atoms with van der Waals surface area (Å²) in [6, 6.07) is 12.3. The first kappa shape index (κ1) is 16.4. The van der Waals surface area contributed by atoms with Crippen LogP contribution < -0.4 is 21.5 Å². The molecule has 0 saturated heterocycles. The summed E-state index contributed by atoms with van der Waals surface area (Å²) in [7, 11) is 0. The van der Waals surface area contributed by atoms with Gasteiger partial charge in [0.15, 0.2) is 12.3 Å². The molecule has 0 unspecified atom stereocenters. The molecule has 0 atom stereocenters. The molecule has 0 aliphatic rings. The lowest BCUT2D eigenvalue weighted by Gasteiger charge is -2.00. The molecule has 112 valence electrons. The van der Waals surface area contributed by atoms with E-state index in [2.05, 4.69) is 4.98 Å². The third-order valence-corrected chi connectivity index (χ3v) is 3.29. The monoisotopic (exact) mass is 378 g/mol. The van der Waals surface area contributed by atoms with E-state index in [0.29, 0.717) is 16.3 Å². The predicted octanol–water partition coefficient (Wildman–Crippen LogP) is 0.169. The molecule has 6 heteroatoms. The fraction of sp³-hybridized carbons (Fsp3) is 0.0625. The second-order valence-corrected chi connectivity index (χ2v) is 4.96. The van der Waals surface area contributed by atoms with Crippen LogP contribution in [-0.4, -0.2) is 10.8 Å². The van der Waals surface area contributed by atoms with Crippen LogP contribution in [0.3, 0.4) is 0 Å². The first-order chi connectivity index (χ1) is 10.2. The molecule has 3 rings (SSSR count). The average Bonchev–Trinajstić information content (AvgIpc) is 3.03. The first-order valence-electron chi connectivity index (χ1n) is 6.40. The Labute approximate surface area is 143 Å². The fourth-order valence-corrected chi connectivity index (χ4v) is 2.07. The number of halogens is 2. The van der Waals surface area contributed by atoms with Crippen molar-refractivity contribution in [1.82, 2.24) is 4.98 Å². The van der Waals surface area contributed by atoms with Crippen LogP contribution in [0.15, 0.2) is 65.7 Å². The molecular weight excluding hydrogens is 368 g/mol. The number of hydrogen-bond acceptors (Lipinski definition) is 3. The Morgan fingerprint density at radius 3 is 2.55 bits per heavy atom. The fourth-order valence-electron chi connectivity index (χ4n) is 1.94. The number of Topliss-reactive ketones (excluding diaryl/α,β-unsaturated/α-hetero) is 1. The molecule has 2 heterocycles. The van der Waals surface area contributed by atoms with Crippen molar-refractivity contribution in [3.8, 4) is 11.5 Å². The molecule has 0 saturated carbocycles. The van der Waals surface area contributed by atoms with Crippen LogP contribution >= 0.6 is 11.6 Å². The Balaban J connectivity index is 0.00000176. The molecule has 4 nitrogen and oxygen atoms in total. The number of aromatic nitrogens is 2. The summed E-state index contributed by atoms with van der Waals surface area (Å²) in [5.41, 5.74) is 1.36. The highest BCUT2D eigenvalue weighted by Crippen LogP contribution is 2.15. The summed E-state index contributed by atoms with van der Waals surface area (Å²) >= 11 is 5.81. The Bertz CT molecular complexity index is 741. The van der Waals surface area contributed by atoms with Crippen molar-refractivity contribution >= 4 is 17.4 Å². The lowest BCUT2D eigenvalue weighted by atomic mass is 10.1. The third kappa shape index (κ3) is 3.81. The van der Waals surface area contributed by atoms with E-state index in [1.807, 2.05) is 18.2 Å². The molecule has 2 aromatic heterocycles. The highest BCUT2D eigenvalue weighted by molar-refractivity contribution is 6.30. The minimum Gasteiger partial charge on any atom is -1.00 e. The van der Waals surface area contributed by atoms with Gasteiger partial charge in [-0.2, -0.15) is 0 Å². The molecule has 22 heavy (non-hydrogen) atoms. The molecule has 0 amide bonds. The quantitative estimate of drug-likeness (QED) is 0.480. The van der Waals surface area contributed by atoms with E-state index in [9.17, 15) is 4.79 Å². The number of carbonyl (C=O) groups excluding carboxylic acids is 1. The van der Waals surface area contributed by atoms with Crippen molar-refractivity contribution in [3.63, 3.8) is 0 Å². The zero-order valence-electron chi connectivity index (χ0n) is 11.4. The van der Waals surface area contributed by atoms with Crippen LogP contribution in [0, 0.1) is 0 Å². The molecule has 0 bridgehead atoms. The summed E-state index contributed by atoms with van der Waals surface area (Å²) in [4.78, 5) is 16.4. The summed E-state index contributed by atoms with van der Waals surface area (Å²) < 4.78 is 7.00. The van der Waals surface area contributed by atoms with Gasteiger partial charge < -0.3 is 21.4 Å². The van der Waals surface area contributed by atoms with Crippen molar-refractivity contribution in [2.45, 2.75) is 6.54 Å². The maximum Gasteiger partial charge on any atom is 0.287 e. The Hall–Kier alpha value is -1.98. The van der Waals surface area contributed by atoms with Crippen molar-refractivity contribution in [3.05, 3.63) is 71.8 Å². The van der Waals surface area contributed by atoms with Gasteiger partial charge in [0.05, 0.1) is 12.5 Å². The van der Waals surface area contributed by atoms with E-state index < -0.39 is 0 Å². The van der Waals surface area contributed by atoms with Gasteiger partial charge in [0.1, 0.15) is 0 Å². The largest absolute Gasteiger partial charge is 1.00 e. The topological polar surface area (TPSA) is 47.0 Å². The molecule has 3 aromatic rings. The summed E-state index contributed by atoms with van der Waals surface area (Å²) in [5.74, 6) is 0.704. The Kier molecular flexibility index (Phi) is 5.46. The van der Waals surface area contributed by atoms with Gasteiger partial charge in [-0.15, -0.1) is 0 Å². The highest BCUT2D eigenvalue weighted by Gasteiger charge is 2.12. The number of furan rings is 1. The summed E-state index contributed by atoms with van der Waals surface area (Å²) in [6.45, 7) is 0.229. The number of benzene rings is 1. The summed E-state index contributed by atoms with van der Waals surface area (Å²) in [6.07, 6.45) is 5.02. The lowest BCUT2D eigenvalue weighted by Crippen LogP contribution is -3.00. The van der Waals surface area contributed by atoms with Gasteiger partial charge >= 0.3 is 0 Å². The van der Waals surface area contributed by atoms with Crippen molar-refractivity contribution in [1.29, 1.82) is 0 Å². The molecule has 0 radical (unpaired) electrons. The Morgan fingerprint density at radius 1 is 1.18 bits per heavy atom. The molecule has 1 aromatic carbocycles. The number of carbonyl (C=O) groups is 1. The van der Waals surface area contributed by atoms with Gasteiger partial charge in [0, 0.05) is 16.7 Å². The Morgan fingerprint density at radius 2 is 1.95 bits per heavy atom. The van der Waals surface area contributed by atoms with Crippen LogP contribution in [0.25, 0.3) is 11.5 Å². The highest BCUT2D eigenvalue weighted by atomic mass is 79.9. The van der Waals surface area contributed by atoms with E-state index in [1.54, 1.807) is 47.6 Å². The van der Waals surface area contributed by atoms with Crippen LogP contribution in [0.5, 0.6) is 0 Å². The van der Waals surface area contributed by atoms with E-state index in [4.69, 9.17) is 16.0 Å². The van der Waals surface area contributed by atoms with E-state index in [-0.39, 0.29) is 29.3 Å². The van der Waals surface area contributed by atoms with E-state index in [1.165, 1.54) is 0 Å². The van der Waals surface area contributed by atoms with Gasteiger partial charge in [-0.05, 0) is 41.4 Å². The SMILES string of the molecule is O=C(C[n+]1ccc(-c2ccco2)nc1)c1ccc(Cl)cc1.[Br-]. The second-order valence-electron chi connectivity index (χ2n) is 4.53. The van der Waals surface area contributed by atoms with Crippen molar-refractivity contribution < 1.29 is 30.8 Å². The van der Waals surface area contributed by atoms with Crippen LogP contribution in [0.1, 0.15) is 10.4 Å². The molecule has 0 N–H and O–H groups in total. The molecule has 0 spiro atoms. The standard InChI is InChI=1S/C16H12ClN2O2.BrH/c17-13-5-3-12(4-6-13)15(20)10-19-8-7-14(18-11-19)16-2-1-9-21-16;/h1-9,11H,10H2;1H/q+1;/p-1. The number of hydrogen-bond donors (Lipinski definition) is 0. The molecular formula is C16H12BrClN2O2. The lowest BCUT2D eigenvalue weighted by molar-refractivity contribution is -0.686. The second kappa shape index (κ2) is 7.33. The van der Waals surface area contributed by atoms with Crippen LogP contribution in [-0.2, 0) is 6.54 Å². The smallest absolute Gasteiger partial charge is 0.287 e. The zero-order chi connectivity index (χ0) is 14.7. The number of ketones is 1. The van der Waals surface area contributed by atoms with Gasteiger partial charge in [-0.3, -0.25) is 4.79 Å². The first-order valence-corrected chi connectivity index (χ1v) is 6.78. The molecule has 0 aliphatic carbocycles. The predicted molar refractivity (Wildman–Crippen MR) is 77.9 cm³/mol. The molecule has 0 aliphatic heterocycles. The zero-order valence-corrected chi connectivity index (χ0v) is 13.8. The normalized spacial score (nSPS) is 10.0. The molecule has 0 fully saturated rings. The van der Waals surface area contributed by atoms with Crippen molar-refractivity contribution in [2.75, 3.05) is 0 Å². The van der Waals surface area contributed by atoms with E-state index in [0.717, 1.165) is 5.69 Å². The summed E-state index contributed by atoms with van der Waals surface area (Å²) in [5, 5.41) is 0.615. The maximum absolute atomic E-state index is 12.1. The average molecular weight is 380 g/mol. The maximum atomic E-state index is 12.1. The van der Waals surface area contributed by atoms with E-state index >= 15 is 0 Å². The van der Waals surface area contributed by atoms with Gasteiger partial charge in [0.25, 0.3) is 6.33 Å². The third-order valence-electron chi connectivity index (χ3n) is 3.04. The van der Waals surface area contributed by atoms with Gasteiger partial charge in [-0.1, -0.05) is 11.6 Å². The van der Waals surface area contributed by atoms with Crippen molar-refractivity contribution in [2.24, 2.45) is 0 Å². The van der Waals surface area contributed by atoms with Crippen LogP contribution in [0.4, 0.5) is 0 Å². The minimum atomic E-state index is 0. The van der Waals surface area contributed by atoms with Crippen LogP contribution in [0.2, 0.25) is 5.02 Å². The van der Waals surface area contributed by atoms with Gasteiger partial charge in [-0.25, -0.2) is 4.57 Å². The van der Waals surface area contributed by atoms with Gasteiger partial charge in [0.2, 0.25) is 11.5 Å².